The van der Waals surface area contributed by atoms with Crippen molar-refractivity contribution in [3.05, 3.63) is 102 Å². The van der Waals surface area contributed by atoms with Crippen LogP contribution in [0.25, 0.3) is 12.2 Å². The zero-order valence-electron chi connectivity index (χ0n) is 23.2. The third-order valence-electron chi connectivity index (χ3n) is 6.17. The fourth-order valence-corrected chi connectivity index (χ4v) is 5.54. The molecule has 3 aromatic carbocycles. The number of halogens is 9. The topological polar surface area (TPSA) is 44.8 Å². The molecule has 2 atom stereocenters. The molecule has 45 heavy (non-hydrogen) atoms. The van der Waals surface area contributed by atoms with E-state index < -0.39 is 36.1 Å². The molecule has 0 radical (unpaired) electrons. The van der Waals surface area contributed by atoms with E-state index >= 15 is 0 Å². The summed E-state index contributed by atoms with van der Waals surface area (Å²) < 4.78 is 93.4. The van der Waals surface area contributed by atoms with Gasteiger partial charge in [-0.2, -0.15) is 26.3 Å². The second-order valence-electron chi connectivity index (χ2n) is 9.59. The third-order valence-corrected chi connectivity index (χ3v) is 7.41. The molecule has 2 unspecified atom stereocenters. The van der Waals surface area contributed by atoms with Crippen LogP contribution in [-0.2, 0) is 9.53 Å². The standard InChI is InChI=1S/C22H16ClF3O3.C10H5ClF3IO/c1-3-28-21(27)18-12-16-11-17(23)10-15(19(16)29-20(18)22(24,25)26)9-8-14-6-4-13(2)5-7-14;11-6-3-5-1-2-8(10(12,13)14)16-9(5)7(15)4-6/h4-7,10-12,20H,3H2,1-2H3;1-4,8H. The van der Waals surface area contributed by atoms with Gasteiger partial charge in [-0.05, 0) is 85.0 Å². The smallest absolute Gasteiger partial charge is 0.430 e. The highest BCUT2D eigenvalue weighted by Crippen LogP contribution is 2.41. The summed E-state index contributed by atoms with van der Waals surface area (Å²) in [6, 6.07) is 13.3. The molecule has 0 bridgehead atoms. The number of carbonyl (C=O) groups is 1. The summed E-state index contributed by atoms with van der Waals surface area (Å²) in [5, 5.41) is 0.729. The van der Waals surface area contributed by atoms with Crippen LogP contribution < -0.4 is 9.47 Å². The Balaban J connectivity index is 0.000000242. The lowest BCUT2D eigenvalue weighted by atomic mass is 9.98. The Labute approximate surface area is 278 Å². The highest BCUT2D eigenvalue weighted by molar-refractivity contribution is 14.1. The Bertz CT molecular complexity index is 1720. The van der Waals surface area contributed by atoms with Gasteiger partial charge < -0.3 is 14.2 Å². The van der Waals surface area contributed by atoms with Crippen LogP contribution in [-0.4, -0.2) is 37.1 Å². The van der Waals surface area contributed by atoms with Crippen molar-refractivity contribution < 1.29 is 45.3 Å². The van der Waals surface area contributed by atoms with E-state index in [0.29, 0.717) is 19.7 Å². The Morgan fingerprint density at radius 3 is 2.18 bits per heavy atom. The van der Waals surface area contributed by atoms with Crippen LogP contribution in [0.2, 0.25) is 10.0 Å². The summed E-state index contributed by atoms with van der Waals surface area (Å²) in [5.74, 6) is 4.77. The van der Waals surface area contributed by atoms with Gasteiger partial charge >= 0.3 is 18.3 Å². The van der Waals surface area contributed by atoms with Crippen LogP contribution in [0.4, 0.5) is 26.3 Å². The SMILES string of the molecule is CCOC(=O)C1=Cc2cc(Cl)cc(C#Cc3ccc(C)cc3)c2OC1C(F)(F)F.FC(F)(F)C1C=Cc2cc(Cl)cc(I)c2O1. The Hall–Kier alpha value is -3.34. The molecule has 2 aliphatic heterocycles. The van der Waals surface area contributed by atoms with Gasteiger partial charge in [-0.15, -0.1) is 0 Å². The third kappa shape index (κ3) is 8.68. The molecule has 0 aromatic heterocycles. The lowest BCUT2D eigenvalue weighted by Crippen LogP contribution is -2.41. The molecule has 5 rings (SSSR count). The number of hydrogen-bond donors (Lipinski definition) is 0. The lowest BCUT2D eigenvalue weighted by molar-refractivity contribution is -0.187. The monoisotopic (exact) mass is 780 g/mol. The van der Waals surface area contributed by atoms with Crippen molar-refractivity contribution in [1.82, 2.24) is 0 Å². The van der Waals surface area contributed by atoms with Crippen molar-refractivity contribution in [2.24, 2.45) is 0 Å². The van der Waals surface area contributed by atoms with E-state index in [4.69, 9.17) is 37.4 Å². The van der Waals surface area contributed by atoms with Crippen molar-refractivity contribution in [1.29, 1.82) is 0 Å². The van der Waals surface area contributed by atoms with Crippen LogP contribution in [0.5, 0.6) is 11.5 Å². The van der Waals surface area contributed by atoms with Crippen molar-refractivity contribution >= 4 is 63.9 Å². The number of alkyl halides is 6. The number of esters is 1. The molecule has 0 fully saturated rings. The van der Waals surface area contributed by atoms with Crippen LogP contribution in [0, 0.1) is 22.3 Å². The summed E-state index contributed by atoms with van der Waals surface area (Å²) in [5.41, 5.74) is 2.11. The van der Waals surface area contributed by atoms with E-state index in [1.165, 1.54) is 25.1 Å². The van der Waals surface area contributed by atoms with Gasteiger partial charge in [0.15, 0.2) is 0 Å². The number of hydrogen-bond acceptors (Lipinski definition) is 4. The Morgan fingerprint density at radius 1 is 0.911 bits per heavy atom. The van der Waals surface area contributed by atoms with Gasteiger partial charge in [0.2, 0.25) is 12.2 Å². The second-order valence-corrected chi connectivity index (χ2v) is 11.6. The second kappa shape index (κ2) is 14.0. The van der Waals surface area contributed by atoms with Crippen molar-refractivity contribution in [2.45, 2.75) is 38.4 Å². The average Bonchev–Trinajstić information content (AvgIpc) is 2.95. The van der Waals surface area contributed by atoms with E-state index in [2.05, 4.69) is 11.8 Å². The predicted octanol–water partition coefficient (Wildman–Crippen LogP) is 9.60. The molecule has 236 valence electrons. The van der Waals surface area contributed by atoms with Gasteiger partial charge in [0.25, 0.3) is 0 Å². The van der Waals surface area contributed by atoms with Gasteiger partial charge in [-0.3, -0.25) is 0 Å². The van der Waals surface area contributed by atoms with E-state index in [0.717, 1.165) is 17.7 Å². The van der Waals surface area contributed by atoms with Gasteiger partial charge in [0.1, 0.15) is 11.5 Å². The normalized spacial score (nSPS) is 16.7. The molecule has 0 amide bonds. The molecule has 0 aliphatic carbocycles. The molecular formula is C32H21Cl2F6IO4. The Kier molecular flexibility index (Phi) is 10.7. The summed E-state index contributed by atoms with van der Waals surface area (Å²) >= 11 is 13.8. The van der Waals surface area contributed by atoms with Gasteiger partial charge in [-0.25, -0.2) is 4.79 Å². The van der Waals surface area contributed by atoms with Crippen LogP contribution in [0.15, 0.2) is 60.2 Å². The minimum absolute atomic E-state index is 0.0591. The quantitative estimate of drug-likeness (QED) is 0.113. The highest BCUT2D eigenvalue weighted by Gasteiger charge is 2.49. The molecule has 0 N–H and O–H groups in total. The summed E-state index contributed by atoms with van der Waals surface area (Å²) in [7, 11) is 0. The first kappa shape index (κ1) is 34.5. The molecule has 0 spiro atoms. The summed E-state index contributed by atoms with van der Waals surface area (Å²) in [4.78, 5) is 12.0. The molecule has 0 saturated heterocycles. The van der Waals surface area contributed by atoms with Crippen molar-refractivity contribution in [3.63, 3.8) is 0 Å². The molecular weight excluding hydrogens is 760 g/mol. The highest BCUT2D eigenvalue weighted by atomic mass is 127. The zero-order valence-corrected chi connectivity index (χ0v) is 26.9. The molecule has 4 nitrogen and oxygen atoms in total. The molecule has 13 heteroatoms. The minimum Gasteiger partial charge on any atom is -0.475 e. The maximum atomic E-state index is 13.5. The van der Waals surface area contributed by atoms with E-state index in [1.807, 2.05) is 41.6 Å². The summed E-state index contributed by atoms with van der Waals surface area (Å²) in [6.45, 7) is 3.38. The van der Waals surface area contributed by atoms with Gasteiger partial charge in [0.05, 0.1) is 21.3 Å². The number of fused-ring (bicyclic) bond motifs is 2. The Morgan fingerprint density at radius 2 is 1.56 bits per heavy atom. The number of aryl methyl sites for hydroxylation is 1. The fourth-order valence-electron chi connectivity index (χ4n) is 4.13. The maximum absolute atomic E-state index is 13.5. The van der Waals surface area contributed by atoms with E-state index in [9.17, 15) is 31.1 Å². The molecule has 2 heterocycles. The number of ether oxygens (including phenoxy) is 3. The zero-order chi connectivity index (χ0) is 33.1. The van der Waals surface area contributed by atoms with Gasteiger partial charge in [-0.1, -0.05) is 58.8 Å². The minimum atomic E-state index is -4.81. The first-order valence-electron chi connectivity index (χ1n) is 13.0. The van der Waals surface area contributed by atoms with Crippen LogP contribution in [0.1, 0.15) is 34.7 Å². The molecule has 0 saturated carbocycles. The number of carbonyl (C=O) groups excluding carboxylic acids is 1. The number of rotatable bonds is 2. The van der Waals surface area contributed by atoms with E-state index in [1.54, 1.807) is 24.3 Å². The van der Waals surface area contributed by atoms with Crippen LogP contribution >= 0.6 is 45.8 Å². The lowest BCUT2D eigenvalue weighted by Gasteiger charge is -2.28. The van der Waals surface area contributed by atoms with Crippen LogP contribution in [0.3, 0.4) is 0 Å². The first-order chi connectivity index (χ1) is 21.1. The number of benzene rings is 3. The fraction of sp³-hybridized carbons (Fsp3) is 0.219. The first-order valence-corrected chi connectivity index (χ1v) is 14.8. The molecule has 2 aliphatic rings. The molecule has 3 aromatic rings. The maximum Gasteiger partial charge on any atom is 0.430 e. The van der Waals surface area contributed by atoms with Crippen molar-refractivity contribution in [2.75, 3.05) is 6.61 Å². The summed E-state index contributed by atoms with van der Waals surface area (Å²) in [6.07, 6.45) is -10.1. The largest absolute Gasteiger partial charge is 0.475 e. The van der Waals surface area contributed by atoms with Crippen molar-refractivity contribution in [3.8, 4) is 23.3 Å². The average molecular weight is 781 g/mol. The van der Waals surface area contributed by atoms with E-state index in [-0.39, 0.29) is 34.3 Å². The predicted molar refractivity (Wildman–Crippen MR) is 167 cm³/mol. The van der Waals surface area contributed by atoms with Gasteiger partial charge in [0, 0.05) is 26.7 Å².